The number of hydrogen-bond donors (Lipinski definition) is 0. The number of ether oxygens (including phenoxy) is 3. The van der Waals surface area contributed by atoms with Crippen molar-refractivity contribution in [2.24, 2.45) is 0 Å². The van der Waals surface area contributed by atoms with Gasteiger partial charge in [0.05, 0.1) is 29.7 Å². The summed E-state index contributed by atoms with van der Waals surface area (Å²) in [5.41, 5.74) is 0.344. The first-order valence-electron chi connectivity index (χ1n) is 12.7. The number of carbonyl (C=O) groups excluding carboxylic acids is 1. The van der Waals surface area contributed by atoms with E-state index in [1.165, 1.54) is 36.4 Å². The highest BCUT2D eigenvalue weighted by Gasteiger charge is 2.41. The zero-order valence-electron chi connectivity index (χ0n) is 22.1. The van der Waals surface area contributed by atoms with E-state index in [1.54, 1.807) is 13.0 Å². The number of aryl methyl sites for hydroxylation is 2. The number of benzene rings is 3. The summed E-state index contributed by atoms with van der Waals surface area (Å²) in [4.78, 5) is 28.2. The zero-order valence-corrected chi connectivity index (χ0v) is 22.1. The molecule has 41 heavy (non-hydrogen) atoms. The van der Waals surface area contributed by atoms with E-state index >= 15 is 0 Å². The van der Waals surface area contributed by atoms with Gasteiger partial charge in [0.1, 0.15) is 22.9 Å². The summed E-state index contributed by atoms with van der Waals surface area (Å²) in [6.45, 7) is 5.29. The molecule has 1 aliphatic rings. The molecule has 11 heteroatoms. The average Bonchev–Trinajstić information content (AvgIpc) is 2.93. The van der Waals surface area contributed by atoms with Gasteiger partial charge >= 0.3 is 12.1 Å². The molecule has 1 aromatic heterocycles. The normalized spacial score (nSPS) is 14.3. The molecule has 0 radical (unpaired) electrons. The zero-order chi connectivity index (χ0) is 29.3. The summed E-state index contributed by atoms with van der Waals surface area (Å²) in [6.07, 6.45) is -5.08. The van der Waals surface area contributed by atoms with Crippen LogP contribution in [0.1, 0.15) is 32.8 Å². The van der Waals surface area contributed by atoms with Gasteiger partial charge in [-0.15, -0.1) is 0 Å². The summed E-state index contributed by atoms with van der Waals surface area (Å²) >= 11 is 0. The predicted octanol–water partition coefficient (Wildman–Crippen LogP) is 6.41. The lowest BCUT2D eigenvalue weighted by molar-refractivity contribution is -0.154. The molecule has 4 aromatic rings. The Hall–Kier alpha value is -4.22. The second-order valence-electron chi connectivity index (χ2n) is 9.64. The molecule has 214 valence electrons. The SMILES string of the molecule is Cc1ccc(Oc2c(C(F)(F)F)oc3c(CN4CCOCC4)c(OC(=O)c4ccc(F)cc4)ccc3c2=O)cc1C. The molecule has 3 aromatic carbocycles. The molecular weight excluding hydrogens is 546 g/mol. The van der Waals surface area contributed by atoms with E-state index in [2.05, 4.69) is 0 Å². The van der Waals surface area contributed by atoms with Crippen LogP contribution >= 0.6 is 0 Å². The van der Waals surface area contributed by atoms with E-state index in [0.29, 0.717) is 26.3 Å². The van der Waals surface area contributed by atoms with Gasteiger partial charge in [0, 0.05) is 19.6 Å². The largest absolute Gasteiger partial charge is 0.453 e. The van der Waals surface area contributed by atoms with Gasteiger partial charge in [-0.3, -0.25) is 9.69 Å². The van der Waals surface area contributed by atoms with E-state index in [-0.39, 0.29) is 40.1 Å². The molecular formula is C30H25F4NO6. The topological polar surface area (TPSA) is 78.2 Å². The quantitative estimate of drug-likeness (QED) is 0.150. The minimum Gasteiger partial charge on any atom is -0.449 e. The number of halogens is 4. The first-order valence-corrected chi connectivity index (χ1v) is 12.7. The number of esters is 1. The van der Waals surface area contributed by atoms with Crippen molar-refractivity contribution in [2.75, 3.05) is 26.3 Å². The number of morpholine rings is 1. The third-order valence-corrected chi connectivity index (χ3v) is 6.80. The van der Waals surface area contributed by atoms with Crippen LogP contribution in [0.3, 0.4) is 0 Å². The van der Waals surface area contributed by atoms with Crippen molar-refractivity contribution in [3.63, 3.8) is 0 Å². The number of carbonyl (C=O) groups is 1. The number of alkyl halides is 3. The average molecular weight is 572 g/mol. The van der Waals surface area contributed by atoms with Crippen LogP contribution in [-0.4, -0.2) is 37.2 Å². The Morgan fingerprint density at radius 1 is 0.976 bits per heavy atom. The molecule has 2 heterocycles. The second-order valence-corrected chi connectivity index (χ2v) is 9.64. The fraction of sp³-hybridized carbons (Fsp3) is 0.267. The van der Waals surface area contributed by atoms with Crippen molar-refractivity contribution < 1.29 is 41.0 Å². The van der Waals surface area contributed by atoms with Crippen LogP contribution in [0.25, 0.3) is 11.0 Å². The molecule has 0 saturated carbocycles. The Morgan fingerprint density at radius 2 is 1.68 bits per heavy atom. The maximum absolute atomic E-state index is 14.3. The molecule has 1 saturated heterocycles. The van der Waals surface area contributed by atoms with Gasteiger partial charge < -0.3 is 18.6 Å². The lowest BCUT2D eigenvalue weighted by Crippen LogP contribution is -2.36. The molecule has 0 atom stereocenters. The highest BCUT2D eigenvalue weighted by Crippen LogP contribution is 2.40. The van der Waals surface area contributed by atoms with Crippen LogP contribution in [-0.2, 0) is 17.5 Å². The molecule has 0 unspecified atom stereocenters. The van der Waals surface area contributed by atoms with Crippen molar-refractivity contribution in [1.82, 2.24) is 4.90 Å². The van der Waals surface area contributed by atoms with Gasteiger partial charge in [-0.05, 0) is 73.5 Å². The number of rotatable bonds is 6. The van der Waals surface area contributed by atoms with Crippen LogP contribution in [0, 0.1) is 19.7 Å². The van der Waals surface area contributed by atoms with Gasteiger partial charge in [-0.2, -0.15) is 13.2 Å². The molecule has 7 nitrogen and oxygen atoms in total. The maximum atomic E-state index is 14.3. The molecule has 0 aliphatic carbocycles. The maximum Gasteiger partial charge on any atom is 0.453 e. The smallest absolute Gasteiger partial charge is 0.449 e. The summed E-state index contributed by atoms with van der Waals surface area (Å²) in [5.74, 6) is -4.08. The summed E-state index contributed by atoms with van der Waals surface area (Å²) in [7, 11) is 0. The van der Waals surface area contributed by atoms with Gasteiger partial charge in [0.25, 0.3) is 5.76 Å². The van der Waals surface area contributed by atoms with E-state index in [9.17, 15) is 27.2 Å². The standard InChI is InChI=1S/C30H25F4NO6/c1-17-3-8-21(15-18(17)2)39-27-25(36)22-9-10-24(40-29(37)19-4-6-20(31)7-5-19)23(16-35-11-13-38-14-12-35)26(22)41-28(27)30(32,33)34/h3-10,15H,11-14,16H2,1-2H3. The van der Waals surface area contributed by atoms with Crippen molar-refractivity contribution in [3.05, 3.63) is 98.7 Å². The highest BCUT2D eigenvalue weighted by atomic mass is 19.4. The van der Waals surface area contributed by atoms with E-state index < -0.39 is 34.9 Å². The van der Waals surface area contributed by atoms with Crippen LogP contribution in [0.4, 0.5) is 17.6 Å². The van der Waals surface area contributed by atoms with Crippen molar-refractivity contribution in [2.45, 2.75) is 26.6 Å². The second kappa shape index (κ2) is 11.3. The van der Waals surface area contributed by atoms with Crippen LogP contribution in [0.2, 0.25) is 0 Å². The number of fused-ring (bicyclic) bond motifs is 1. The van der Waals surface area contributed by atoms with E-state index in [0.717, 1.165) is 23.3 Å². The van der Waals surface area contributed by atoms with Crippen LogP contribution in [0.5, 0.6) is 17.2 Å². The molecule has 0 N–H and O–H groups in total. The number of hydrogen-bond acceptors (Lipinski definition) is 7. The summed E-state index contributed by atoms with van der Waals surface area (Å²) in [5, 5.41) is -0.179. The minimum atomic E-state index is -5.08. The molecule has 5 rings (SSSR count). The van der Waals surface area contributed by atoms with Gasteiger partial charge in [-0.1, -0.05) is 6.07 Å². The molecule has 0 spiro atoms. The fourth-order valence-corrected chi connectivity index (χ4v) is 4.43. The minimum absolute atomic E-state index is 0.00429. The first-order chi connectivity index (χ1) is 19.5. The van der Waals surface area contributed by atoms with Crippen LogP contribution in [0.15, 0.2) is 63.8 Å². The predicted molar refractivity (Wildman–Crippen MR) is 141 cm³/mol. The van der Waals surface area contributed by atoms with Crippen molar-refractivity contribution in [1.29, 1.82) is 0 Å². The number of nitrogens with zero attached hydrogens (tertiary/aromatic N) is 1. The van der Waals surface area contributed by atoms with Gasteiger partial charge in [0.2, 0.25) is 11.2 Å². The van der Waals surface area contributed by atoms with Crippen molar-refractivity contribution >= 4 is 16.9 Å². The third-order valence-electron chi connectivity index (χ3n) is 6.80. The third kappa shape index (κ3) is 6.10. The summed E-state index contributed by atoms with van der Waals surface area (Å²) < 4.78 is 78.1. The Morgan fingerprint density at radius 3 is 2.34 bits per heavy atom. The Bertz CT molecular complexity index is 1660. The Balaban J connectivity index is 1.65. The highest BCUT2D eigenvalue weighted by molar-refractivity contribution is 5.92. The molecule has 0 bridgehead atoms. The first kappa shape index (κ1) is 28.3. The fourth-order valence-electron chi connectivity index (χ4n) is 4.43. The van der Waals surface area contributed by atoms with Crippen molar-refractivity contribution in [3.8, 4) is 17.2 Å². The Kier molecular flexibility index (Phi) is 7.83. The van der Waals surface area contributed by atoms with Gasteiger partial charge in [0.15, 0.2) is 0 Å². The lowest BCUT2D eigenvalue weighted by Gasteiger charge is -2.27. The van der Waals surface area contributed by atoms with Gasteiger partial charge in [-0.25, -0.2) is 9.18 Å². The Labute approximate surface area is 231 Å². The van der Waals surface area contributed by atoms with E-state index in [4.69, 9.17) is 18.6 Å². The van der Waals surface area contributed by atoms with Crippen LogP contribution < -0.4 is 14.9 Å². The molecule has 1 aliphatic heterocycles. The summed E-state index contributed by atoms with van der Waals surface area (Å²) in [6, 6.07) is 11.8. The van der Waals surface area contributed by atoms with E-state index in [1.807, 2.05) is 11.8 Å². The lowest BCUT2D eigenvalue weighted by atomic mass is 10.1. The molecule has 0 amide bonds. The molecule has 1 fully saturated rings. The monoisotopic (exact) mass is 571 g/mol.